The molecule has 0 radical (unpaired) electrons. The fourth-order valence-electron chi connectivity index (χ4n) is 2.27. The Morgan fingerprint density at radius 2 is 2.15 bits per heavy atom. The summed E-state index contributed by atoms with van der Waals surface area (Å²) < 4.78 is 10.7. The van der Waals surface area contributed by atoms with Crippen LogP contribution >= 0.6 is 0 Å². The number of hydrogen-bond donors (Lipinski definition) is 0. The summed E-state index contributed by atoms with van der Waals surface area (Å²) in [6.07, 6.45) is 1.25. The lowest BCUT2D eigenvalue weighted by molar-refractivity contribution is -0.138. The largest absolute Gasteiger partial charge is 0.494 e. The molecule has 20 heavy (non-hydrogen) atoms. The van der Waals surface area contributed by atoms with Gasteiger partial charge in [0.2, 0.25) is 0 Å². The molecule has 0 amide bonds. The van der Waals surface area contributed by atoms with Gasteiger partial charge < -0.3 is 9.47 Å². The summed E-state index contributed by atoms with van der Waals surface area (Å²) in [6, 6.07) is 9.50. The molecule has 0 aliphatic carbocycles. The van der Waals surface area contributed by atoms with Crippen LogP contribution in [0.25, 0.3) is 0 Å². The molecule has 0 fully saturated rings. The number of benzene rings is 1. The molecule has 2 rings (SSSR count). The van der Waals surface area contributed by atoms with Gasteiger partial charge >= 0.3 is 5.97 Å². The first kappa shape index (κ1) is 14.1. The van der Waals surface area contributed by atoms with Crippen LogP contribution in [0.1, 0.15) is 31.4 Å². The maximum atomic E-state index is 11.7. The summed E-state index contributed by atoms with van der Waals surface area (Å²) in [4.78, 5) is 11.7. The van der Waals surface area contributed by atoms with Crippen LogP contribution in [0.4, 0.5) is 0 Å². The number of hydrogen-bond acceptors (Lipinski definition) is 4. The van der Waals surface area contributed by atoms with E-state index < -0.39 is 0 Å². The summed E-state index contributed by atoms with van der Waals surface area (Å²) >= 11 is 0. The molecule has 1 aliphatic rings. The highest BCUT2D eigenvalue weighted by Gasteiger charge is 2.28. The summed E-state index contributed by atoms with van der Waals surface area (Å²) in [5.41, 5.74) is 2.36. The number of nitriles is 1. The number of ether oxygens (including phenoxy) is 2. The van der Waals surface area contributed by atoms with Crippen molar-refractivity contribution in [3.05, 3.63) is 46.7 Å². The Kier molecular flexibility index (Phi) is 4.41. The number of carbonyl (C=O) groups excluding carboxylic acids is 1. The zero-order valence-corrected chi connectivity index (χ0v) is 11.7. The van der Waals surface area contributed by atoms with Crippen LogP contribution in [0.3, 0.4) is 0 Å². The van der Waals surface area contributed by atoms with Crippen LogP contribution in [0.5, 0.6) is 0 Å². The van der Waals surface area contributed by atoms with Gasteiger partial charge in [-0.05, 0) is 31.5 Å². The number of esters is 1. The zero-order chi connectivity index (χ0) is 14.5. The van der Waals surface area contributed by atoms with Crippen molar-refractivity contribution in [2.75, 3.05) is 6.61 Å². The molecule has 0 saturated heterocycles. The average Bonchev–Trinajstić information content (AvgIpc) is 2.81. The van der Waals surface area contributed by atoms with Crippen LogP contribution in [0, 0.1) is 11.3 Å². The van der Waals surface area contributed by atoms with E-state index in [1.807, 2.05) is 12.1 Å². The van der Waals surface area contributed by atoms with Gasteiger partial charge in [0, 0.05) is 12.8 Å². The quantitative estimate of drug-likeness (QED) is 0.790. The van der Waals surface area contributed by atoms with Gasteiger partial charge in [-0.15, -0.1) is 0 Å². The Bertz CT molecular complexity index is 566. The standard InChI is InChI=1S/C16H17NO3/c1-3-19-16(18)15-9-14(20-11(15)2)8-12-4-6-13(10-17)7-5-12/h4-7,14H,3,8-9H2,1-2H3. The highest BCUT2D eigenvalue weighted by molar-refractivity contribution is 5.89. The normalized spacial score (nSPS) is 17.6. The topological polar surface area (TPSA) is 59.3 Å². The molecule has 0 N–H and O–H groups in total. The summed E-state index contributed by atoms with van der Waals surface area (Å²) in [5.74, 6) is 0.370. The minimum Gasteiger partial charge on any atom is -0.494 e. The molecular weight excluding hydrogens is 254 g/mol. The lowest BCUT2D eigenvalue weighted by atomic mass is 10.0. The number of rotatable bonds is 4. The van der Waals surface area contributed by atoms with E-state index in [2.05, 4.69) is 6.07 Å². The van der Waals surface area contributed by atoms with Crippen LogP contribution in [-0.2, 0) is 20.7 Å². The molecule has 0 aromatic heterocycles. The highest BCUT2D eigenvalue weighted by Crippen LogP contribution is 2.28. The van der Waals surface area contributed by atoms with Gasteiger partial charge in [-0.1, -0.05) is 12.1 Å². The minimum absolute atomic E-state index is 0.0395. The van der Waals surface area contributed by atoms with E-state index in [1.54, 1.807) is 26.0 Å². The van der Waals surface area contributed by atoms with Crippen molar-refractivity contribution < 1.29 is 14.3 Å². The van der Waals surface area contributed by atoms with Crippen molar-refractivity contribution in [2.24, 2.45) is 0 Å². The van der Waals surface area contributed by atoms with Crippen LogP contribution in [0.15, 0.2) is 35.6 Å². The van der Waals surface area contributed by atoms with Crippen LogP contribution < -0.4 is 0 Å². The highest BCUT2D eigenvalue weighted by atomic mass is 16.5. The summed E-state index contributed by atoms with van der Waals surface area (Å²) in [7, 11) is 0. The minimum atomic E-state index is -0.285. The van der Waals surface area contributed by atoms with Gasteiger partial charge in [0.15, 0.2) is 0 Å². The molecule has 1 aromatic carbocycles. The Hall–Kier alpha value is -2.28. The molecule has 104 valence electrons. The molecule has 4 nitrogen and oxygen atoms in total. The second-order valence-electron chi connectivity index (χ2n) is 4.71. The van der Waals surface area contributed by atoms with Crippen LogP contribution in [0.2, 0.25) is 0 Å². The Labute approximate surface area is 118 Å². The van der Waals surface area contributed by atoms with E-state index in [0.717, 1.165) is 5.56 Å². The van der Waals surface area contributed by atoms with Gasteiger partial charge in [0.05, 0.1) is 23.8 Å². The van der Waals surface area contributed by atoms with Crippen molar-refractivity contribution >= 4 is 5.97 Å². The van der Waals surface area contributed by atoms with Crippen molar-refractivity contribution in [2.45, 2.75) is 32.8 Å². The Morgan fingerprint density at radius 1 is 1.45 bits per heavy atom. The molecule has 4 heteroatoms. The second kappa shape index (κ2) is 6.25. The van der Waals surface area contributed by atoms with Crippen LogP contribution in [-0.4, -0.2) is 18.7 Å². The molecule has 0 bridgehead atoms. The number of carbonyl (C=O) groups is 1. The van der Waals surface area contributed by atoms with Gasteiger partial charge in [0.25, 0.3) is 0 Å². The van der Waals surface area contributed by atoms with E-state index in [1.165, 1.54) is 0 Å². The first-order valence-electron chi connectivity index (χ1n) is 6.66. The third-order valence-electron chi connectivity index (χ3n) is 3.27. The van der Waals surface area contributed by atoms with Gasteiger partial charge in [-0.2, -0.15) is 5.26 Å². The predicted molar refractivity (Wildman–Crippen MR) is 73.7 cm³/mol. The molecule has 0 spiro atoms. The summed E-state index contributed by atoms with van der Waals surface area (Å²) in [6.45, 7) is 3.96. The molecule has 1 aliphatic heterocycles. The summed E-state index contributed by atoms with van der Waals surface area (Å²) in [5, 5.41) is 8.76. The first-order chi connectivity index (χ1) is 9.63. The third kappa shape index (κ3) is 3.18. The molecule has 1 heterocycles. The van der Waals surface area contributed by atoms with Gasteiger partial charge in [0.1, 0.15) is 11.9 Å². The van der Waals surface area contributed by atoms with Crippen molar-refractivity contribution in [3.63, 3.8) is 0 Å². The molecule has 1 aromatic rings. The predicted octanol–water partition coefficient (Wildman–Crippen LogP) is 2.73. The van der Waals surface area contributed by atoms with Gasteiger partial charge in [-0.3, -0.25) is 0 Å². The zero-order valence-electron chi connectivity index (χ0n) is 11.7. The van der Waals surface area contributed by atoms with Crippen molar-refractivity contribution in [3.8, 4) is 6.07 Å². The van der Waals surface area contributed by atoms with Crippen molar-refractivity contribution in [1.29, 1.82) is 5.26 Å². The Balaban J connectivity index is 1.97. The first-order valence-corrected chi connectivity index (χ1v) is 6.66. The fourth-order valence-corrected chi connectivity index (χ4v) is 2.27. The monoisotopic (exact) mass is 271 g/mol. The second-order valence-corrected chi connectivity index (χ2v) is 4.71. The van der Waals surface area contributed by atoms with Crippen molar-refractivity contribution in [1.82, 2.24) is 0 Å². The number of nitrogens with zero attached hydrogens (tertiary/aromatic N) is 1. The van der Waals surface area contributed by atoms with E-state index in [0.29, 0.717) is 36.3 Å². The van der Waals surface area contributed by atoms with Gasteiger partial charge in [-0.25, -0.2) is 4.79 Å². The Morgan fingerprint density at radius 3 is 2.75 bits per heavy atom. The van der Waals surface area contributed by atoms with E-state index in [-0.39, 0.29) is 12.1 Å². The maximum absolute atomic E-state index is 11.7. The molecular formula is C16H17NO3. The number of allylic oxidation sites excluding steroid dienone is 1. The fraction of sp³-hybridized carbons (Fsp3) is 0.375. The van der Waals surface area contributed by atoms with E-state index in [4.69, 9.17) is 14.7 Å². The molecule has 0 saturated carbocycles. The maximum Gasteiger partial charge on any atom is 0.337 e. The molecule has 1 atom stereocenters. The molecule has 1 unspecified atom stereocenters. The SMILES string of the molecule is CCOC(=O)C1=C(C)OC(Cc2ccc(C#N)cc2)C1. The lowest BCUT2D eigenvalue weighted by Gasteiger charge is -2.11. The smallest absolute Gasteiger partial charge is 0.337 e. The lowest BCUT2D eigenvalue weighted by Crippen LogP contribution is -2.12. The average molecular weight is 271 g/mol. The van der Waals surface area contributed by atoms with E-state index >= 15 is 0 Å². The van der Waals surface area contributed by atoms with E-state index in [9.17, 15) is 4.79 Å². The third-order valence-corrected chi connectivity index (χ3v) is 3.27.